The molecular weight excluding hydrogens is 815 g/mol. The number of rotatable bonds is 10. The molecule has 2 atom stereocenters. The molecule has 0 bridgehead atoms. The van der Waals surface area contributed by atoms with Crippen LogP contribution in [0.25, 0.3) is 16.9 Å². The molecule has 3 fully saturated rings. The molecule has 7 heterocycles. The molecule has 3 N–H and O–H groups in total. The van der Waals surface area contributed by atoms with Gasteiger partial charge in [0.15, 0.2) is 11.5 Å². The van der Waals surface area contributed by atoms with Crippen LogP contribution in [0.3, 0.4) is 0 Å². The number of hydrogen-bond acceptors (Lipinski definition) is 13. The maximum absolute atomic E-state index is 13.4. The van der Waals surface area contributed by atoms with Crippen molar-refractivity contribution in [3.63, 3.8) is 0 Å². The summed E-state index contributed by atoms with van der Waals surface area (Å²) in [6, 6.07) is 16.4. The molecule has 5 aromatic rings. The lowest BCUT2D eigenvalue weighted by atomic mass is 9.95. The highest BCUT2D eigenvalue weighted by atomic mass is 16.3. The van der Waals surface area contributed by atoms with Gasteiger partial charge < -0.3 is 20.2 Å². The summed E-state index contributed by atoms with van der Waals surface area (Å²) in [5, 5.41) is 16.4. The van der Waals surface area contributed by atoms with E-state index in [2.05, 4.69) is 49.0 Å². The molecule has 4 aliphatic heterocycles. The van der Waals surface area contributed by atoms with Crippen molar-refractivity contribution >= 4 is 57.7 Å². The third-order valence-electron chi connectivity index (χ3n) is 13.0. The number of hydrogen-bond donors (Lipinski definition) is 3. The van der Waals surface area contributed by atoms with E-state index in [1.807, 2.05) is 44.2 Å². The number of anilines is 4. The molecule has 64 heavy (non-hydrogen) atoms. The van der Waals surface area contributed by atoms with E-state index >= 15 is 0 Å². The van der Waals surface area contributed by atoms with Gasteiger partial charge in [-0.05, 0) is 92.1 Å². The van der Waals surface area contributed by atoms with Crippen LogP contribution in [0, 0.1) is 5.92 Å². The van der Waals surface area contributed by atoms with Crippen molar-refractivity contribution in [2.24, 2.45) is 5.92 Å². The summed E-state index contributed by atoms with van der Waals surface area (Å²) in [6.07, 6.45) is 6.33. The fourth-order valence-electron chi connectivity index (χ4n) is 9.62. The number of nitrogens with one attached hydrogen (secondary N) is 2. The largest absolute Gasteiger partial charge is 0.387 e. The predicted octanol–water partition coefficient (Wildman–Crippen LogP) is 4.35. The maximum Gasteiger partial charge on any atom is 0.278 e. The van der Waals surface area contributed by atoms with Gasteiger partial charge in [0.05, 0.1) is 29.5 Å². The van der Waals surface area contributed by atoms with E-state index in [9.17, 15) is 29.1 Å². The summed E-state index contributed by atoms with van der Waals surface area (Å²) in [4.78, 5) is 86.2. The van der Waals surface area contributed by atoms with E-state index in [0.717, 1.165) is 92.6 Å². The Bertz CT molecular complexity index is 2700. The van der Waals surface area contributed by atoms with Gasteiger partial charge in [0, 0.05) is 75.5 Å². The van der Waals surface area contributed by atoms with Gasteiger partial charge in [-0.1, -0.05) is 26.0 Å². The number of fused-ring (bicyclic) bond motifs is 3. The zero-order valence-electron chi connectivity index (χ0n) is 36.2. The number of allylic oxidation sites excluding steroid dienone is 1. The summed E-state index contributed by atoms with van der Waals surface area (Å²) in [7, 11) is 0. The quantitative estimate of drug-likeness (QED) is 0.133. The Balaban J connectivity index is 0.00000256. The lowest BCUT2D eigenvalue weighted by Gasteiger charge is -2.40. The smallest absolute Gasteiger partial charge is 0.278 e. The first-order valence-corrected chi connectivity index (χ1v) is 22.4. The highest BCUT2D eigenvalue weighted by Crippen LogP contribution is 2.33. The Kier molecular flexibility index (Phi) is 11.8. The summed E-state index contributed by atoms with van der Waals surface area (Å²) in [5.74, 6) is -0.557. The standard InChI is InChI=1S/C45H47N11O6.C2H6/c1-2-17-54-42(60)34-25-46-45(50-40(34)56(54)37-13-4-28-3-12-36(57)39(28)48-37)47-29-5-7-30(8-6-29)52-18-15-27(16-19-52)26-51-20-22-53(23-21-51)31-9-10-32-33(24-31)44(62)55(43(32)61)35-11-14-38(58)49-41(35)59;1-2/h2,4-10,13,24-25,27,35-36,57H,1,3,11-12,14-23,26H2,(H,46,47,50)(H,49,58,59);1-2H3. The second-order valence-corrected chi connectivity index (χ2v) is 16.8. The molecule has 5 aliphatic rings. The van der Waals surface area contributed by atoms with Crippen molar-refractivity contribution in [3.8, 4) is 5.82 Å². The first-order chi connectivity index (χ1) is 31.1. The molecule has 0 saturated carbocycles. The zero-order chi connectivity index (χ0) is 44.6. The average Bonchev–Trinajstić information content (AvgIpc) is 3.91. The first-order valence-electron chi connectivity index (χ1n) is 22.4. The van der Waals surface area contributed by atoms with E-state index in [1.54, 1.807) is 22.9 Å². The van der Waals surface area contributed by atoms with Crippen LogP contribution in [0.4, 0.5) is 23.0 Å². The molecule has 3 saturated heterocycles. The number of aliphatic hydroxyl groups is 1. The minimum Gasteiger partial charge on any atom is -0.387 e. The molecule has 2 aromatic carbocycles. The number of aryl methyl sites for hydroxylation is 1. The van der Waals surface area contributed by atoms with Crippen LogP contribution in [0.1, 0.15) is 84.0 Å². The van der Waals surface area contributed by atoms with Gasteiger partial charge in [0.1, 0.15) is 11.4 Å². The second kappa shape index (κ2) is 17.8. The Morgan fingerprint density at radius 3 is 2.27 bits per heavy atom. The Labute approximate surface area is 370 Å². The van der Waals surface area contributed by atoms with Crippen LogP contribution >= 0.6 is 0 Å². The highest BCUT2D eigenvalue weighted by Gasteiger charge is 2.45. The number of nitrogens with zero attached hydrogens (tertiary/aromatic N) is 9. The number of piperazine rings is 1. The van der Waals surface area contributed by atoms with E-state index in [4.69, 9.17) is 9.97 Å². The van der Waals surface area contributed by atoms with Crippen LogP contribution in [-0.2, 0) is 22.6 Å². The normalized spacial score (nSPS) is 20.3. The second-order valence-electron chi connectivity index (χ2n) is 16.8. The Morgan fingerprint density at radius 1 is 0.812 bits per heavy atom. The van der Waals surface area contributed by atoms with Gasteiger partial charge in [-0.2, -0.15) is 4.98 Å². The molecule has 17 heteroatoms. The van der Waals surface area contributed by atoms with Gasteiger partial charge in [0.2, 0.25) is 17.8 Å². The summed E-state index contributed by atoms with van der Waals surface area (Å²) in [6.45, 7) is 14.4. The SMILES string of the molecule is C=CCn1c(=O)c2cnc(Nc3ccc(N4CCC(CN5CCN(c6ccc7c(c6)C(=O)N(C6CCC(=O)NC6=O)C7=O)CC5)CC4)cc3)nc2n1-c1ccc2c(n1)C(O)CC2.CC. The van der Waals surface area contributed by atoms with Crippen LogP contribution in [0.2, 0.25) is 0 Å². The molecule has 332 valence electrons. The third kappa shape index (κ3) is 7.93. The fraction of sp³-hybridized carbons (Fsp3) is 0.404. The first kappa shape index (κ1) is 42.6. The summed E-state index contributed by atoms with van der Waals surface area (Å²) < 4.78 is 3.20. The van der Waals surface area contributed by atoms with Crippen molar-refractivity contribution < 1.29 is 24.3 Å². The molecule has 4 amide bonds. The molecule has 0 radical (unpaired) electrons. The number of aliphatic hydroxyl groups excluding tert-OH is 1. The monoisotopic (exact) mass is 867 g/mol. The van der Waals surface area contributed by atoms with Crippen molar-refractivity contribution in [2.45, 2.75) is 71.1 Å². The van der Waals surface area contributed by atoms with E-state index in [0.29, 0.717) is 52.0 Å². The van der Waals surface area contributed by atoms with E-state index < -0.39 is 35.8 Å². The topological polar surface area (TPSA) is 191 Å². The number of imide groups is 2. The molecule has 2 unspecified atom stereocenters. The fourth-order valence-corrected chi connectivity index (χ4v) is 9.62. The third-order valence-corrected chi connectivity index (χ3v) is 13.0. The molecular formula is C47H53N11O6. The Hall–Kier alpha value is -6.72. The molecule has 17 nitrogen and oxygen atoms in total. The van der Waals surface area contributed by atoms with Crippen molar-refractivity contribution in [2.75, 3.05) is 60.9 Å². The van der Waals surface area contributed by atoms with E-state index in [1.165, 1.54) is 10.9 Å². The zero-order valence-corrected chi connectivity index (χ0v) is 36.2. The number of benzene rings is 2. The minimum absolute atomic E-state index is 0.0892. The number of carbonyl (C=O) groups excluding carboxylic acids is 4. The maximum atomic E-state index is 13.4. The lowest BCUT2D eigenvalue weighted by molar-refractivity contribution is -0.136. The molecule has 1 aliphatic carbocycles. The van der Waals surface area contributed by atoms with Crippen molar-refractivity contribution in [1.29, 1.82) is 0 Å². The van der Waals surface area contributed by atoms with Gasteiger partial charge in [0.25, 0.3) is 17.4 Å². The van der Waals surface area contributed by atoms with Gasteiger partial charge in [-0.15, -0.1) is 6.58 Å². The number of piperidine rings is 2. The number of amides is 4. The highest BCUT2D eigenvalue weighted by molar-refractivity contribution is 6.23. The van der Waals surface area contributed by atoms with Gasteiger partial charge in [-0.25, -0.2) is 19.3 Å². The Morgan fingerprint density at radius 2 is 1.53 bits per heavy atom. The van der Waals surface area contributed by atoms with Crippen LogP contribution in [0.15, 0.2) is 78.2 Å². The molecule has 3 aromatic heterocycles. The minimum atomic E-state index is -0.977. The van der Waals surface area contributed by atoms with Gasteiger partial charge >= 0.3 is 0 Å². The lowest BCUT2D eigenvalue weighted by Crippen LogP contribution is -2.54. The van der Waals surface area contributed by atoms with Crippen molar-refractivity contribution in [1.82, 2.24) is 39.4 Å². The predicted molar refractivity (Wildman–Crippen MR) is 242 cm³/mol. The number of carbonyl (C=O) groups is 4. The summed E-state index contributed by atoms with van der Waals surface area (Å²) in [5.41, 5.74) is 5.24. The van der Waals surface area contributed by atoms with Gasteiger partial charge in [-0.3, -0.25) is 39.1 Å². The average molecular weight is 868 g/mol. The van der Waals surface area contributed by atoms with Crippen LogP contribution in [0.5, 0.6) is 0 Å². The summed E-state index contributed by atoms with van der Waals surface area (Å²) >= 11 is 0. The number of pyridine rings is 1. The van der Waals surface area contributed by atoms with Crippen LogP contribution in [-0.4, -0.2) is 115 Å². The van der Waals surface area contributed by atoms with Crippen LogP contribution < -0.4 is 26.0 Å². The van der Waals surface area contributed by atoms with E-state index in [-0.39, 0.29) is 24.9 Å². The van der Waals surface area contributed by atoms with Crippen molar-refractivity contribution in [3.05, 3.63) is 106 Å². The molecule has 10 rings (SSSR count). The number of aromatic nitrogens is 5. The molecule has 0 spiro atoms.